The van der Waals surface area contributed by atoms with E-state index in [-0.39, 0.29) is 12.1 Å². The quantitative estimate of drug-likeness (QED) is 0.523. The zero-order valence-electron chi connectivity index (χ0n) is 16.0. The van der Waals surface area contributed by atoms with Gasteiger partial charge in [-0.15, -0.1) is 0 Å². The summed E-state index contributed by atoms with van der Waals surface area (Å²) in [6.07, 6.45) is 3.15. The number of hydrogen-bond acceptors (Lipinski definition) is 4. The molecule has 6 nitrogen and oxygen atoms in total. The van der Waals surface area contributed by atoms with Crippen LogP contribution in [0.4, 0.5) is 0 Å². The molecule has 0 aliphatic heterocycles. The van der Waals surface area contributed by atoms with Gasteiger partial charge >= 0.3 is 0 Å². The molecular weight excluding hydrogens is 354 g/mol. The number of rotatable bonds is 6. The Hall–Kier alpha value is -3.72. The molecule has 1 amide bonds. The third-order valence-corrected chi connectivity index (χ3v) is 4.47. The third-order valence-electron chi connectivity index (χ3n) is 4.47. The van der Waals surface area contributed by atoms with Crippen LogP contribution in [-0.2, 0) is 11.3 Å². The number of nitriles is 1. The highest BCUT2D eigenvalue weighted by Crippen LogP contribution is 2.24. The summed E-state index contributed by atoms with van der Waals surface area (Å²) in [7, 11) is 1.63. The minimum atomic E-state index is -0.437. The highest BCUT2D eigenvalue weighted by molar-refractivity contribution is 6.01. The third kappa shape index (κ3) is 3.99. The molecule has 0 saturated heterocycles. The van der Waals surface area contributed by atoms with Crippen molar-refractivity contribution < 1.29 is 13.9 Å². The number of hydrogen-bond donors (Lipinski definition) is 1. The lowest BCUT2D eigenvalue weighted by atomic mass is 10.1. The number of carbonyl (C=O) groups excluding carboxylic acids is 1. The number of nitrogens with one attached hydrogen (secondary N) is 1. The van der Waals surface area contributed by atoms with E-state index in [1.165, 1.54) is 6.26 Å². The van der Waals surface area contributed by atoms with Crippen molar-refractivity contribution in [1.29, 1.82) is 5.26 Å². The Balaban J connectivity index is 1.85. The number of amides is 1. The van der Waals surface area contributed by atoms with Gasteiger partial charge in [-0.3, -0.25) is 4.79 Å². The molecule has 0 saturated carbocycles. The lowest BCUT2D eigenvalue weighted by Crippen LogP contribution is -2.23. The number of ether oxygens (including phenoxy) is 1. The fourth-order valence-corrected chi connectivity index (χ4v) is 3.04. The predicted molar refractivity (Wildman–Crippen MR) is 106 cm³/mol. The number of methoxy groups -OCH3 is 1. The van der Waals surface area contributed by atoms with Crippen molar-refractivity contribution in [2.24, 2.45) is 0 Å². The number of furan rings is 1. The molecule has 28 heavy (non-hydrogen) atoms. The van der Waals surface area contributed by atoms with Gasteiger partial charge < -0.3 is 19.0 Å². The molecule has 1 N–H and O–H groups in total. The smallest absolute Gasteiger partial charge is 0.262 e. The van der Waals surface area contributed by atoms with Gasteiger partial charge in [0.25, 0.3) is 5.91 Å². The molecule has 0 radical (unpaired) electrons. The van der Waals surface area contributed by atoms with E-state index < -0.39 is 5.91 Å². The minimum absolute atomic E-state index is 0.0431. The maximum absolute atomic E-state index is 12.4. The van der Waals surface area contributed by atoms with Crippen LogP contribution in [0.5, 0.6) is 5.75 Å². The van der Waals surface area contributed by atoms with E-state index >= 15 is 0 Å². The lowest BCUT2D eigenvalue weighted by Gasteiger charge is -2.10. The van der Waals surface area contributed by atoms with Gasteiger partial charge in [-0.25, -0.2) is 0 Å². The molecule has 3 aromatic rings. The number of aromatic nitrogens is 1. The van der Waals surface area contributed by atoms with E-state index in [0.717, 1.165) is 28.4 Å². The fourth-order valence-electron chi connectivity index (χ4n) is 3.04. The fraction of sp³-hybridized carbons (Fsp3) is 0.182. The molecule has 0 spiro atoms. The molecule has 3 rings (SSSR count). The Kier molecular flexibility index (Phi) is 5.66. The highest BCUT2D eigenvalue weighted by Gasteiger charge is 2.14. The minimum Gasteiger partial charge on any atom is -0.497 e. The Labute approximate surface area is 163 Å². The van der Waals surface area contributed by atoms with Crippen LogP contribution in [-0.4, -0.2) is 17.6 Å². The predicted octanol–water partition coefficient (Wildman–Crippen LogP) is 3.92. The van der Waals surface area contributed by atoms with E-state index in [1.54, 1.807) is 25.3 Å². The van der Waals surface area contributed by atoms with Crippen LogP contribution >= 0.6 is 0 Å². The van der Waals surface area contributed by atoms with Gasteiger partial charge in [-0.2, -0.15) is 5.26 Å². The van der Waals surface area contributed by atoms with Crippen LogP contribution in [0.2, 0.25) is 0 Å². The van der Waals surface area contributed by atoms with Crippen molar-refractivity contribution >= 4 is 12.0 Å². The van der Waals surface area contributed by atoms with Crippen LogP contribution in [0.1, 0.15) is 22.7 Å². The van der Waals surface area contributed by atoms with Gasteiger partial charge in [0.15, 0.2) is 0 Å². The summed E-state index contributed by atoms with van der Waals surface area (Å²) in [5, 5.41) is 12.1. The van der Waals surface area contributed by atoms with E-state index in [9.17, 15) is 10.1 Å². The van der Waals surface area contributed by atoms with Gasteiger partial charge in [0, 0.05) is 17.1 Å². The first kappa shape index (κ1) is 19.1. The van der Waals surface area contributed by atoms with Gasteiger partial charge in [0.1, 0.15) is 23.2 Å². The van der Waals surface area contributed by atoms with Gasteiger partial charge in [-0.05, 0) is 68.0 Å². The highest BCUT2D eigenvalue weighted by atomic mass is 16.5. The largest absolute Gasteiger partial charge is 0.497 e. The van der Waals surface area contributed by atoms with Crippen LogP contribution < -0.4 is 10.1 Å². The molecule has 0 aliphatic rings. The first-order valence-electron chi connectivity index (χ1n) is 8.79. The van der Waals surface area contributed by atoms with Gasteiger partial charge in [0.2, 0.25) is 0 Å². The zero-order chi connectivity index (χ0) is 20.1. The standard InChI is InChI=1S/C22H21N3O3/c1-15-11-17(16(2)25(15)19-6-8-20(27-3)9-7-19)12-18(13-23)22(26)24-14-21-5-4-10-28-21/h4-12H,14H2,1-3H3,(H,24,26)/b18-12-. The average Bonchev–Trinajstić information content (AvgIpc) is 3.32. The van der Waals surface area contributed by atoms with Crippen molar-refractivity contribution in [3.8, 4) is 17.5 Å². The Morgan fingerprint density at radius 2 is 2.04 bits per heavy atom. The van der Waals surface area contributed by atoms with Crippen molar-refractivity contribution in [3.63, 3.8) is 0 Å². The Bertz CT molecular complexity index is 1040. The molecule has 0 bridgehead atoms. The first-order chi connectivity index (χ1) is 13.5. The second-order valence-corrected chi connectivity index (χ2v) is 6.29. The summed E-state index contributed by atoms with van der Waals surface area (Å²) < 4.78 is 12.5. The van der Waals surface area contributed by atoms with Crippen molar-refractivity contribution in [1.82, 2.24) is 9.88 Å². The average molecular weight is 375 g/mol. The molecule has 0 unspecified atom stereocenters. The molecule has 1 aromatic carbocycles. The van der Waals surface area contributed by atoms with Gasteiger partial charge in [0.05, 0.1) is 19.9 Å². The molecule has 0 aliphatic carbocycles. The van der Waals surface area contributed by atoms with Gasteiger partial charge in [-0.1, -0.05) is 0 Å². The normalized spacial score (nSPS) is 11.1. The lowest BCUT2D eigenvalue weighted by molar-refractivity contribution is -0.117. The zero-order valence-corrected chi connectivity index (χ0v) is 16.0. The summed E-state index contributed by atoms with van der Waals surface area (Å²) in [5.41, 5.74) is 3.78. The molecule has 2 aromatic heterocycles. The molecule has 0 atom stereocenters. The van der Waals surface area contributed by atoms with E-state index in [4.69, 9.17) is 9.15 Å². The molecule has 6 heteroatoms. The Morgan fingerprint density at radius 3 is 2.64 bits per heavy atom. The van der Waals surface area contributed by atoms with Crippen molar-refractivity contribution in [2.45, 2.75) is 20.4 Å². The number of nitrogens with zero attached hydrogens (tertiary/aromatic N) is 2. The van der Waals surface area contributed by atoms with Crippen LogP contribution in [0.3, 0.4) is 0 Å². The second kappa shape index (κ2) is 8.31. The number of benzene rings is 1. The molecule has 2 heterocycles. The first-order valence-corrected chi connectivity index (χ1v) is 8.79. The Morgan fingerprint density at radius 1 is 1.29 bits per heavy atom. The molecular formula is C22H21N3O3. The molecule has 0 fully saturated rings. The number of aryl methyl sites for hydroxylation is 1. The van der Waals surface area contributed by atoms with E-state index in [0.29, 0.717) is 5.76 Å². The van der Waals surface area contributed by atoms with E-state index in [2.05, 4.69) is 9.88 Å². The summed E-state index contributed by atoms with van der Waals surface area (Å²) in [5.74, 6) is 0.975. The van der Waals surface area contributed by atoms with Crippen LogP contribution in [0.15, 0.2) is 58.7 Å². The maximum Gasteiger partial charge on any atom is 0.262 e. The van der Waals surface area contributed by atoms with Crippen LogP contribution in [0, 0.1) is 25.2 Å². The topological polar surface area (TPSA) is 80.2 Å². The second-order valence-electron chi connectivity index (χ2n) is 6.29. The maximum atomic E-state index is 12.4. The van der Waals surface area contributed by atoms with Crippen molar-refractivity contribution in [3.05, 3.63) is 77.0 Å². The summed E-state index contributed by atoms with van der Waals surface area (Å²) in [6, 6.07) is 15.2. The monoisotopic (exact) mass is 375 g/mol. The summed E-state index contributed by atoms with van der Waals surface area (Å²) in [4.78, 5) is 12.4. The van der Waals surface area contributed by atoms with Crippen molar-refractivity contribution in [2.75, 3.05) is 7.11 Å². The van der Waals surface area contributed by atoms with E-state index in [1.807, 2.05) is 50.2 Å². The number of carbonyl (C=O) groups is 1. The summed E-state index contributed by atoms with van der Waals surface area (Å²) in [6.45, 7) is 4.17. The van der Waals surface area contributed by atoms with Crippen LogP contribution in [0.25, 0.3) is 11.8 Å². The molecule has 142 valence electrons. The SMILES string of the molecule is COc1ccc(-n2c(C)cc(/C=C(/C#N)C(=O)NCc3ccco3)c2C)cc1. The summed E-state index contributed by atoms with van der Waals surface area (Å²) >= 11 is 0.